The molecule has 3 aromatic rings. The predicted octanol–water partition coefficient (Wildman–Crippen LogP) is 2.68. The van der Waals surface area contributed by atoms with E-state index in [-0.39, 0.29) is 12.6 Å². The summed E-state index contributed by atoms with van der Waals surface area (Å²) in [5.41, 5.74) is 2.35. The normalized spacial score (nSPS) is 13.5. The van der Waals surface area contributed by atoms with E-state index in [1.54, 1.807) is 29.5 Å². The maximum Gasteiger partial charge on any atom is 0.313 e. The molecule has 8 nitrogen and oxygen atoms in total. The Morgan fingerprint density at radius 3 is 2.63 bits per heavy atom. The summed E-state index contributed by atoms with van der Waals surface area (Å²) in [7, 11) is 0. The highest BCUT2D eigenvalue weighted by Gasteiger charge is 2.22. The monoisotopic (exact) mass is 426 g/mol. The number of nitrogens with zero attached hydrogens (tertiary/aromatic N) is 2. The highest BCUT2D eigenvalue weighted by atomic mass is 32.1. The van der Waals surface area contributed by atoms with Gasteiger partial charge in [-0.2, -0.15) is 5.10 Å². The molecule has 3 heterocycles. The largest absolute Gasteiger partial charge is 0.486 e. The van der Waals surface area contributed by atoms with E-state index in [1.807, 2.05) is 42.1 Å². The molecule has 1 atom stereocenters. The van der Waals surface area contributed by atoms with E-state index in [9.17, 15) is 9.59 Å². The topological polar surface area (TPSA) is 94.5 Å². The second-order valence-electron chi connectivity index (χ2n) is 6.93. The van der Waals surface area contributed by atoms with Gasteiger partial charge >= 0.3 is 11.8 Å². The lowest BCUT2D eigenvalue weighted by Crippen LogP contribution is -2.39. The number of aryl methyl sites for hydroxylation is 2. The first-order valence-corrected chi connectivity index (χ1v) is 10.4. The molecule has 1 unspecified atom stereocenters. The van der Waals surface area contributed by atoms with Crippen molar-refractivity contribution >= 4 is 28.8 Å². The number of anilines is 1. The fraction of sp³-hybridized carbons (Fsp3) is 0.286. The Bertz CT molecular complexity index is 1060. The minimum Gasteiger partial charge on any atom is -0.486 e. The average molecular weight is 426 g/mol. The lowest BCUT2D eigenvalue weighted by molar-refractivity contribution is -0.136. The maximum atomic E-state index is 12.4. The quantitative estimate of drug-likeness (QED) is 0.612. The summed E-state index contributed by atoms with van der Waals surface area (Å²) in [6, 6.07) is 10.8. The van der Waals surface area contributed by atoms with Crippen LogP contribution in [0, 0.1) is 13.8 Å². The third kappa shape index (κ3) is 4.30. The number of amides is 2. The molecule has 9 heteroatoms. The van der Waals surface area contributed by atoms with Crippen LogP contribution in [0.5, 0.6) is 11.5 Å². The van der Waals surface area contributed by atoms with E-state index in [0.717, 1.165) is 16.3 Å². The molecule has 4 rings (SSSR count). The van der Waals surface area contributed by atoms with Crippen LogP contribution in [0.15, 0.2) is 41.8 Å². The van der Waals surface area contributed by atoms with Gasteiger partial charge in [0.1, 0.15) is 19.3 Å². The summed E-state index contributed by atoms with van der Waals surface area (Å²) in [6.07, 6.45) is 0. The fourth-order valence-electron chi connectivity index (χ4n) is 3.33. The molecule has 0 fully saturated rings. The lowest BCUT2D eigenvalue weighted by atomic mass is 10.2. The van der Waals surface area contributed by atoms with Gasteiger partial charge in [-0.25, -0.2) is 0 Å². The van der Waals surface area contributed by atoms with Crippen molar-refractivity contribution in [3.8, 4) is 11.5 Å². The molecular formula is C21H22N4O4S. The predicted molar refractivity (Wildman–Crippen MR) is 113 cm³/mol. The maximum absolute atomic E-state index is 12.4. The van der Waals surface area contributed by atoms with Gasteiger partial charge in [-0.15, -0.1) is 11.3 Å². The van der Waals surface area contributed by atoms with Crippen LogP contribution in [0.25, 0.3) is 0 Å². The summed E-state index contributed by atoms with van der Waals surface area (Å²) in [5, 5.41) is 11.8. The molecule has 0 saturated heterocycles. The molecule has 0 spiro atoms. The van der Waals surface area contributed by atoms with Crippen molar-refractivity contribution < 1.29 is 19.1 Å². The van der Waals surface area contributed by atoms with Gasteiger partial charge in [0.05, 0.1) is 5.69 Å². The van der Waals surface area contributed by atoms with Crippen LogP contribution in [0.3, 0.4) is 0 Å². The molecule has 0 aliphatic carbocycles. The Kier molecular flexibility index (Phi) is 5.71. The van der Waals surface area contributed by atoms with Gasteiger partial charge in [-0.05, 0) is 43.5 Å². The molecule has 2 amide bonds. The van der Waals surface area contributed by atoms with E-state index in [1.165, 1.54) is 0 Å². The van der Waals surface area contributed by atoms with Crippen LogP contribution in [0.1, 0.15) is 22.3 Å². The third-order valence-electron chi connectivity index (χ3n) is 4.67. The van der Waals surface area contributed by atoms with Crippen LogP contribution in [0.2, 0.25) is 0 Å². The second-order valence-corrected chi connectivity index (χ2v) is 7.90. The highest BCUT2D eigenvalue weighted by Crippen LogP contribution is 2.32. The minimum atomic E-state index is -0.745. The molecule has 0 saturated carbocycles. The number of benzene rings is 1. The second kappa shape index (κ2) is 8.58. The van der Waals surface area contributed by atoms with Crippen molar-refractivity contribution in [2.45, 2.75) is 19.9 Å². The van der Waals surface area contributed by atoms with Gasteiger partial charge in [0.15, 0.2) is 11.5 Å². The summed E-state index contributed by atoms with van der Waals surface area (Å²) < 4.78 is 12.8. The van der Waals surface area contributed by atoms with Crippen molar-refractivity contribution in [1.29, 1.82) is 0 Å². The van der Waals surface area contributed by atoms with Crippen LogP contribution in [0.4, 0.5) is 5.69 Å². The molecule has 0 bridgehead atoms. The van der Waals surface area contributed by atoms with Crippen LogP contribution in [-0.4, -0.2) is 41.4 Å². The van der Waals surface area contributed by atoms with Gasteiger partial charge in [0.2, 0.25) is 0 Å². The number of hydrogen-bond acceptors (Lipinski definition) is 6. The van der Waals surface area contributed by atoms with Gasteiger partial charge in [-0.3, -0.25) is 14.3 Å². The Labute approximate surface area is 177 Å². The first-order valence-electron chi connectivity index (χ1n) is 9.56. The zero-order valence-electron chi connectivity index (χ0n) is 16.7. The third-order valence-corrected chi connectivity index (χ3v) is 5.65. The van der Waals surface area contributed by atoms with Crippen molar-refractivity contribution in [3.63, 3.8) is 0 Å². The van der Waals surface area contributed by atoms with Gasteiger partial charge < -0.3 is 20.1 Å². The van der Waals surface area contributed by atoms with Gasteiger partial charge in [-0.1, -0.05) is 6.07 Å². The Morgan fingerprint density at radius 2 is 1.93 bits per heavy atom. The number of rotatable bonds is 5. The fourth-order valence-corrected chi connectivity index (χ4v) is 4.14. The van der Waals surface area contributed by atoms with E-state index < -0.39 is 11.8 Å². The average Bonchev–Trinajstić information content (AvgIpc) is 3.38. The molecule has 2 N–H and O–H groups in total. The first kappa shape index (κ1) is 20.0. The number of hydrogen-bond donors (Lipinski definition) is 2. The van der Waals surface area contributed by atoms with Crippen molar-refractivity contribution in [1.82, 2.24) is 15.1 Å². The number of nitrogens with one attached hydrogen (secondary N) is 2. The molecule has 30 heavy (non-hydrogen) atoms. The summed E-state index contributed by atoms with van der Waals surface area (Å²) >= 11 is 1.58. The number of thiophene rings is 1. The smallest absolute Gasteiger partial charge is 0.313 e. The molecular weight excluding hydrogens is 404 g/mol. The van der Waals surface area contributed by atoms with Crippen molar-refractivity contribution in [2.75, 3.05) is 25.1 Å². The summed E-state index contributed by atoms with van der Waals surface area (Å²) in [6.45, 7) is 5.07. The number of fused-ring (bicyclic) bond motifs is 1. The SMILES string of the molecule is Cc1cc(C)n(C(CNC(=O)C(=O)Nc2ccc3c(c2)OCCO3)c2cccs2)n1. The Balaban J connectivity index is 1.42. The number of carbonyl (C=O) groups excluding carboxylic acids is 2. The van der Waals surface area contributed by atoms with Crippen molar-refractivity contribution in [3.05, 3.63) is 58.0 Å². The zero-order chi connectivity index (χ0) is 21.1. The van der Waals surface area contributed by atoms with Gasteiger partial charge in [0.25, 0.3) is 0 Å². The highest BCUT2D eigenvalue weighted by molar-refractivity contribution is 7.10. The van der Waals surface area contributed by atoms with Crippen LogP contribution < -0.4 is 20.1 Å². The van der Waals surface area contributed by atoms with E-state index in [0.29, 0.717) is 30.4 Å². The molecule has 1 aliphatic heterocycles. The minimum absolute atomic E-state index is 0.190. The van der Waals surface area contributed by atoms with Crippen molar-refractivity contribution in [2.24, 2.45) is 0 Å². The zero-order valence-corrected chi connectivity index (χ0v) is 17.5. The Hall–Kier alpha value is -3.33. The Morgan fingerprint density at radius 1 is 1.13 bits per heavy atom. The number of carbonyl (C=O) groups is 2. The molecule has 2 aromatic heterocycles. The molecule has 1 aliphatic rings. The molecule has 0 radical (unpaired) electrons. The summed E-state index contributed by atoms with van der Waals surface area (Å²) in [4.78, 5) is 25.8. The van der Waals surface area contributed by atoms with Crippen LogP contribution in [-0.2, 0) is 9.59 Å². The summed E-state index contributed by atoms with van der Waals surface area (Å²) in [5.74, 6) is -0.299. The van der Waals surface area contributed by atoms with E-state index in [4.69, 9.17) is 9.47 Å². The first-order chi connectivity index (χ1) is 14.5. The number of aromatic nitrogens is 2. The number of ether oxygens (including phenoxy) is 2. The standard InChI is InChI=1S/C21H22N4O4S/c1-13-10-14(2)25(24-13)16(19-4-3-9-30-19)12-22-20(26)21(27)23-15-5-6-17-18(11-15)29-8-7-28-17/h3-6,9-11,16H,7-8,12H2,1-2H3,(H,22,26)(H,23,27). The lowest BCUT2D eigenvalue weighted by Gasteiger charge is -2.19. The van der Waals surface area contributed by atoms with Crippen LogP contribution >= 0.6 is 11.3 Å². The van der Waals surface area contributed by atoms with E-state index >= 15 is 0 Å². The van der Waals surface area contributed by atoms with E-state index in [2.05, 4.69) is 15.7 Å². The van der Waals surface area contributed by atoms with Gasteiger partial charge in [0, 0.05) is 28.9 Å². The molecule has 1 aromatic carbocycles. The molecule has 156 valence electrons.